The van der Waals surface area contributed by atoms with E-state index < -0.39 is 5.97 Å². The predicted molar refractivity (Wildman–Crippen MR) is 69.6 cm³/mol. The molecule has 0 aliphatic heterocycles. The highest BCUT2D eigenvalue weighted by Gasteiger charge is 2.11. The largest absolute Gasteiger partial charge is 0.507 e. The second kappa shape index (κ2) is 4.92. The molecule has 0 amide bonds. The maximum Gasteiger partial charge on any atom is 0.307 e. The van der Waals surface area contributed by atoms with Crippen LogP contribution < -0.4 is 0 Å². The Hall–Kier alpha value is -2.29. The van der Waals surface area contributed by atoms with Crippen molar-refractivity contribution < 1.29 is 15.0 Å². The van der Waals surface area contributed by atoms with Crippen LogP contribution in [0.2, 0.25) is 0 Å². The predicted octanol–water partition coefficient (Wildman–Crippen LogP) is 2.99. The molecule has 0 unspecified atom stereocenters. The molecule has 0 heterocycles. The molecule has 18 heavy (non-hydrogen) atoms. The molecule has 0 aromatic heterocycles. The monoisotopic (exact) mass is 242 g/mol. The summed E-state index contributed by atoms with van der Waals surface area (Å²) in [5.41, 5.74) is 3.16. The first kappa shape index (κ1) is 12.2. The Morgan fingerprint density at radius 2 is 1.83 bits per heavy atom. The molecular formula is C15H14O3. The average molecular weight is 242 g/mol. The van der Waals surface area contributed by atoms with Crippen LogP contribution in [-0.4, -0.2) is 16.2 Å². The Morgan fingerprint density at radius 1 is 1.11 bits per heavy atom. The van der Waals surface area contributed by atoms with Crippen molar-refractivity contribution in [2.45, 2.75) is 13.3 Å². The molecule has 0 bridgehead atoms. The molecule has 0 radical (unpaired) electrons. The van der Waals surface area contributed by atoms with Gasteiger partial charge in [-0.15, -0.1) is 0 Å². The molecule has 0 aliphatic rings. The molecular weight excluding hydrogens is 228 g/mol. The maximum absolute atomic E-state index is 10.8. The van der Waals surface area contributed by atoms with Crippen molar-refractivity contribution >= 4 is 5.97 Å². The fourth-order valence-corrected chi connectivity index (χ4v) is 1.97. The molecule has 0 atom stereocenters. The van der Waals surface area contributed by atoms with E-state index >= 15 is 0 Å². The Labute approximate surface area is 105 Å². The number of aromatic hydroxyl groups is 1. The van der Waals surface area contributed by atoms with E-state index in [4.69, 9.17) is 5.11 Å². The number of benzene rings is 2. The topological polar surface area (TPSA) is 57.5 Å². The SMILES string of the molecule is Cc1ccc(O)c(-c2ccccc2CC(=O)O)c1. The van der Waals surface area contributed by atoms with Crippen LogP contribution in [0.4, 0.5) is 0 Å². The van der Waals surface area contributed by atoms with Crippen molar-refractivity contribution in [3.63, 3.8) is 0 Å². The summed E-state index contributed by atoms with van der Waals surface area (Å²) in [4.78, 5) is 10.8. The molecule has 3 nitrogen and oxygen atoms in total. The van der Waals surface area contributed by atoms with E-state index in [-0.39, 0.29) is 12.2 Å². The molecule has 92 valence electrons. The minimum Gasteiger partial charge on any atom is -0.507 e. The van der Waals surface area contributed by atoms with E-state index in [1.54, 1.807) is 18.2 Å². The fraction of sp³-hybridized carbons (Fsp3) is 0.133. The fourth-order valence-electron chi connectivity index (χ4n) is 1.97. The summed E-state index contributed by atoms with van der Waals surface area (Å²) < 4.78 is 0. The van der Waals surface area contributed by atoms with Gasteiger partial charge in [-0.25, -0.2) is 0 Å². The van der Waals surface area contributed by atoms with Gasteiger partial charge in [0.2, 0.25) is 0 Å². The van der Waals surface area contributed by atoms with Crippen LogP contribution in [0.25, 0.3) is 11.1 Å². The zero-order valence-electron chi connectivity index (χ0n) is 10.1. The highest BCUT2D eigenvalue weighted by molar-refractivity contribution is 5.79. The number of carbonyl (C=O) groups is 1. The number of aliphatic carboxylic acids is 1. The van der Waals surface area contributed by atoms with Gasteiger partial charge in [0, 0.05) is 5.56 Å². The van der Waals surface area contributed by atoms with E-state index in [0.717, 1.165) is 11.1 Å². The van der Waals surface area contributed by atoms with Gasteiger partial charge in [-0.3, -0.25) is 4.79 Å². The standard InChI is InChI=1S/C15H14O3/c1-10-6-7-14(16)13(8-10)12-5-3-2-4-11(12)9-15(17)18/h2-8,16H,9H2,1H3,(H,17,18). The summed E-state index contributed by atoms with van der Waals surface area (Å²) in [6, 6.07) is 12.5. The number of hydrogen-bond donors (Lipinski definition) is 2. The third-order valence-electron chi connectivity index (χ3n) is 2.80. The minimum atomic E-state index is -0.880. The van der Waals surface area contributed by atoms with Crippen LogP contribution >= 0.6 is 0 Å². The van der Waals surface area contributed by atoms with Gasteiger partial charge in [-0.2, -0.15) is 0 Å². The van der Waals surface area contributed by atoms with Gasteiger partial charge in [0.1, 0.15) is 5.75 Å². The summed E-state index contributed by atoms with van der Waals surface area (Å²) in [6.45, 7) is 1.93. The van der Waals surface area contributed by atoms with Crippen molar-refractivity contribution in [2.24, 2.45) is 0 Å². The molecule has 3 heteroatoms. The Morgan fingerprint density at radius 3 is 2.56 bits per heavy atom. The molecule has 0 saturated carbocycles. The van der Waals surface area contributed by atoms with E-state index in [0.29, 0.717) is 11.1 Å². The quantitative estimate of drug-likeness (QED) is 0.869. The van der Waals surface area contributed by atoms with E-state index in [1.807, 2.05) is 31.2 Å². The lowest BCUT2D eigenvalue weighted by atomic mass is 9.96. The minimum absolute atomic E-state index is 0.0520. The van der Waals surface area contributed by atoms with Crippen LogP contribution in [0.3, 0.4) is 0 Å². The van der Waals surface area contributed by atoms with Crippen molar-refractivity contribution in [1.82, 2.24) is 0 Å². The molecule has 2 rings (SSSR count). The number of phenols is 1. The van der Waals surface area contributed by atoms with Gasteiger partial charge in [-0.1, -0.05) is 35.9 Å². The molecule has 2 N–H and O–H groups in total. The highest BCUT2D eigenvalue weighted by atomic mass is 16.4. The molecule has 2 aromatic carbocycles. The number of carboxylic acid groups (broad SMARTS) is 1. The second-order valence-electron chi connectivity index (χ2n) is 4.25. The van der Waals surface area contributed by atoms with E-state index in [9.17, 15) is 9.90 Å². The molecule has 0 saturated heterocycles. The number of carboxylic acids is 1. The third kappa shape index (κ3) is 2.51. The zero-order chi connectivity index (χ0) is 13.1. The summed E-state index contributed by atoms with van der Waals surface area (Å²) in [5, 5.41) is 18.8. The van der Waals surface area contributed by atoms with Crippen molar-refractivity contribution in [3.8, 4) is 16.9 Å². The van der Waals surface area contributed by atoms with Crippen LogP contribution in [0, 0.1) is 6.92 Å². The Kier molecular flexibility index (Phi) is 3.33. The van der Waals surface area contributed by atoms with Gasteiger partial charge in [0.25, 0.3) is 0 Å². The van der Waals surface area contributed by atoms with Gasteiger partial charge in [0.05, 0.1) is 6.42 Å². The third-order valence-corrected chi connectivity index (χ3v) is 2.80. The Bertz CT molecular complexity index is 588. The lowest BCUT2D eigenvalue weighted by molar-refractivity contribution is -0.136. The lowest BCUT2D eigenvalue weighted by Gasteiger charge is -2.10. The summed E-state index contributed by atoms with van der Waals surface area (Å²) in [7, 11) is 0. The van der Waals surface area contributed by atoms with Gasteiger partial charge < -0.3 is 10.2 Å². The van der Waals surface area contributed by atoms with Gasteiger partial charge in [0.15, 0.2) is 0 Å². The zero-order valence-corrected chi connectivity index (χ0v) is 10.1. The Balaban J connectivity index is 2.56. The van der Waals surface area contributed by atoms with Gasteiger partial charge in [-0.05, 0) is 30.2 Å². The van der Waals surface area contributed by atoms with Crippen molar-refractivity contribution in [2.75, 3.05) is 0 Å². The summed E-state index contributed by atoms with van der Waals surface area (Å²) in [6.07, 6.45) is -0.0520. The van der Waals surface area contributed by atoms with E-state index in [1.165, 1.54) is 0 Å². The van der Waals surface area contributed by atoms with Crippen molar-refractivity contribution in [3.05, 3.63) is 53.6 Å². The van der Waals surface area contributed by atoms with Crippen LogP contribution in [0.5, 0.6) is 5.75 Å². The molecule has 0 fully saturated rings. The first-order valence-electron chi connectivity index (χ1n) is 5.67. The molecule has 2 aromatic rings. The molecule has 0 aliphatic carbocycles. The van der Waals surface area contributed by atoms with Crippen LogP contribution in [0.15, 0.2) is 42.5 Å². The number of aryl methyl sites for hydroxylation is 1. The normalized spacial score (nSPS) is 10.3. The van der Waals surface area contributed by atoms with Crippen LogP contribution in [0.1, 0.15) is 11.1 Å². The average Bonchev–Trinajstić information content (AvgIpc) is 2.32. The summed E-state index contributed by atoms with van der Waals surface area (Å²) >= 11 is 0. The van der Waals surface area contributed by atoms with Gasteiger partial charge >= 0.3 is 5.97 Å². The second-order valence-corrected chi connectivity index (χ2v) is 4.25. The highest BCUT2D eigenvalue weighted by Crippen LogP contribution is 2.32. The first-order chi connectivity index (χ1) is 8.58. The smallest absolute Gasteiger partial charge is 0.307 e. The number of rotatable bonds is 3. The first-order valence-corrected chi connectivity index (χ1v) is 5.67. The number of hydrogen-bond acceptors (Lipinski definition) is 2. The summed E-state index contributed by atoms with van der Waals surface area (Å²) in [5.74, 6) is -0.715. The molecule has 0 spiro atoms. The lowest BCUT2D eigenvalue weighted by Crippen LogP contribution is -2.01. The maximum atomic E-state index is 10.8. The van der Waals surface area contributed by atoms with Crippen LogP contribution in [-0.2, 0) is 11.2 Å². The number of phenolic OH excluding ortho intramolecular Hbond substituents is 1. The van der Waals surface area contributed by atoms with Crippen molar-refractivity contribution in [1.29, 1.82) is 0 Å². The van der Waals surface area contributed by atoms with E-state index in [2.05, 4.69) is 0 Å².